The van der Waals surface area contributed by atoms with Crippen LogP contribution in [0.4, 0.5) is 19.2 Å². The molecule has 0 atom stereocenters. The van der Waals surface area contributed by atoms with E-state index in [2.05, 4.69) is 9.47 Å². The maximum absolute atomic E-state index is 11.6. The van der Waals surface area contributed by atoms with Crippen LogP contribution in [0.3, 0.4) is 0 Å². The molecule has 2 aliphatic heterocycles. The molecule has 0 unspecified atom stereocenters. The van der Waals surface area contributed by atoms with Gasteiger partial charge in [0.2, 0.25) is 0 Å². The lowest BCUT2D eigenvalue weighted by molar-refractivity contribution is 0.0832. The molecule has 10 heteroatoms. The van der Waals surface area contributed by atoms with E-state index >= 15 is 0 Å². The molecule has 0 aliphatic carbocycles. The van der Waals surface area contributed by atoms with E-state index in [4.69, 9.17) is 18.9 Å². The Morgan fingerprint density at radius 1 is 0.423 bits per heavy atom. The molecule has 0 aromatic heterocycles. The maximum atomic E-state index is 11.6. The molecule has 0 amide bonds. The summed E-state index contributed by atoms with van der Waals surface area (Å²) in [4.78, 5) is 46.3. The average molecular weight is 358 g/mol. The van der Waals surface area contributed by atoms with Gasteiger partial charge in [0.05, 0.1) is 11.1 Å². The predicted molar refractivity (Wildman–Crippen MR) is 78.1 cm³/mol. The van der Waals surface area contributed by atoms with Crippen LogP contribution in [-0.4, -0.2) is 24.6 Å². The molecule has 26 heavy (non-hydrogen) atoms. The van der Waals surface area contributed by atoms with Crippen LogP contribution in [0.1, 0.15) is 0 Å². The van der Waals surface area contributed by atoms with Gasteiger partial charge < -0.3 is 28.4 Å². The van der Waals surface area contributed by atoms with Crippen LogP contribution in [0.25, 0.3) is 11.1 Å². The molecule has 0 radical (unpaired) electrons. The summed E-state index contributed by atoms with van der Waals surface area (Å²) in [7, 11) is 0. The molecule has 2 aromatic rings. The van der Waals surface area contributed by atoms with Gasteiger partial charge >= 0.3 is 24.6 Å². The van der Waals surface area contributed by atoms with E-state index in [1.165, 1.54) is 36.4 Å². The Hall–Kier alpha value is -4.08. The third-order valence-electron chi connectivity index (χ3n) is 3.33. The van der Waals surface area contributed by atoms with E-state index in [1.807, 2.05) is 0 Å². The molecule has 0 saturated heterocycles. The van der Waals surface area contributed by atoms with Gasteiger partial charge in [-0.25, -0.2) is 19.2 Å². The van der Waals surface area contributed by atoms with Gasteiger partial charge in [-0.3, -0.25) is 0 Å². The minimum atomic E-state index is -1.32. The smallest absolute Gasteiger partial charge is 0.394 e. The fraction of sp³-hybridized carbons (Fsp3) is 0. The van der Waals surface area contributed by atoms with Gasteiger partial charge in [0.1, 0.15) is 23.0 Å². The van der Waals surface area contributed by atoms with Crippen molar-refractivity contribution in [2.24, 2.45) is 0 Å². The number of carbonyl (C=O) groups is 4. The molecule has 0 fully saturated rings. The van der Waals surface area contributed by atoms with Crippen molar-refractivity contribution in [2.45, 2.75) is 0 Å². The molecular weight excluding hydrogens is 352 g/mol. The summed E-state index contributed by atoms with van der Waals surface area (Å²) >= 11 is 0. The van der Waals surface area contributed by atoms with Crippen molar-refractivity contribution in [1.29, 1.82) is 0 Å². The summed E-state index contributed by atoms with van der Waals surface area (Å²) < 4.78 is 28.5. The molecule has 2 aromatic carbocycles. The van der Waals surface area contributed by atoms with Crippen molar-refractivity contribution in [3.8, 4) is 34.1 Å². The van der Waals surface area contributed by atoms with Crippen LogP contribution >= 0.6 is 0 Å². The van der Waals surface area contributed by atoms with Crippen molar-refractivity contribution >= 4 is 24.6 Å². The van der Waals surface area contributed by atoms with Gasteiger partial charge in [0.25, 0.3) is 0 Å². The molecular formula is C16H6O10. The molecule has 0 N–H and O–H groups in total. The van der Waals surface area contributed by atoms with E-state index < -0.39 is 24.6 Å². The summed E-state index contributed by atoms with van der Waals surface area (Å²) in [6.45, 7) is 0. The Morgan fingerprint density at radius 3 is 0.962 bits per heavy atom. The lowest BCUT2D eigenvalue weighted by Gasteiger charge is -2.21. The van der Waals surface area contributed by atoms with E-state index in [0.717, 1.165) is 0 Å². The molecule has 2 aliphatic rings. The summed E-state index contributed by atoms with van der Waals surface area (Å²) in [5.41, 5.74) is 0.0659. The Labute approximate surface area is 143 Å². The highest BCUT2D eigenvalue weighted by Gasteiger charge is 2.32. The van der Waals surface area contributed by atoms with E-state index in [0.29, 0.717) is 0 Å². The lowest BCUT2D eigenvalue weighted by Crippen LogP contribution is -2.24. The van der Waals surface area contributed by atoms with E-state index in [1.54, 1.807) is 0 Å². The number of hydrogen-bond donors (Lipinski definition) is 0. The van der Waals surface area contributed by atoms with Crippen LogP contribution in [-0.2, 0) is 9.47 Å². The van der Waals surface area contributed by atoms with Crippen LogP contribution in [0.2, 0.25) is 0 Å². The highest BCUT2D eigenvalue weighted by Crippen LogP contribution is 2.48. The summed E-state index contributed by atoms with van der Waals surface area (Å²) in [5, 5.41) is 0. The molecule has 0 spiro atoms. The summed E-state index contributed by atoms with van der Waals surface area (Å²) in [6.07, 6.45) is -5.29. The van der Waals surface area contributed by atoms with Crippen molar-refractivity contribution in [1.82, 2.24) is 0 Å². The Morgan fingerprint density at radius 2 is 0.692 bits per heavy atom. The largest absolute Gasteiger partial charge is 0.524 e. The average Bonchev–Trinajstić information content (AvgIpc) is 2.54. The molecule has 130 valence electrons. The number of cyclic esters (lactones) is 4. The fourth-order valence-electron chi connectivity index (χ4n) is 2.43. The SMILES string of the molecule is O=C1OC(=O)Oc2cccc(c2-c2c3cccc2OC(=O)OC(=O)O3)O1. The number of benzene rings is 2. The number of rotatable bonds is 1. The van der Waals surface area contributed by atoms with Crippen LogP contribution in [0, 0.1) is 0 Å². The third kappa shape index (κ3) is 2.65. The standard InChI is InChI=1S/C16H6O10/c17-13-21-7-3-1-4-8(22-14(18)25-13)11(7)12-9-5-2-6-10(12)24-16(20)26-15(19)23-9/h1-6H. The van der Waals surface area contributed by atoms with E-state index in [-0.39, 0.29) is 34.1 Å². The number of ether oxygens (including phenoxy) is 6. The highest BCUT2D eigenvalue weighted by molar-refractivity contribution is 5.94. The Bertz CT molecular complexity index is 829. The Kier molecular flexibility index (Phi) is 3.43. The zero-order valence-electron chi connectivity index (χ0n) is 12.5. The monoisotopic (exact) mass is 358 g/mol. The Balaban J connectivity index is 1.99. The minimum Gasteiger partial charge on any atom is -0.394 e. The first kappa shape index (κ1) is 15.4. The van der Waals surface area contributed by atoms with Gasteiger partial charge in [-0.1, -0.05) is 12.1 Å². The fourth-order valence-corrected chi connectivity index (χ4v) is 2.43. The first-order valence-corrected chi connectivity index (χ1v) is 7.00. The van der Waals surface area contributed by atoms with Crippen LogP contribution in [0.5, 0.6) is 23.0 Å². The van der Waals surface area contributed by atoms with Gasteiger partial charge in [-0.2, -0.15) is 0 Å². The van der Waals surface area contributed by atoms with Crippen molar-refractivity contribution in [3.63, 3.8) is 0 Å². The first-order chi connectivity index (χ1) is 12.5. The highest BCUT2D eigenvalue weighted by atomic mass is 16.8. The van der Waals surface area contributed by atoms with Gasteiger partial charge in [-0.15, -0.1) is 0 Å². The minimum absolute atomic E-state index is 0.0330. The first-order valence-electron chi connectivity index (χ1n) is 7.00. The second kappa shape index (κ2) is 5.77. The second-order valence-corrected chi connectivity index (χ2v) is 4.87. The number of carbonyl (C=O) groups excluding carboxylic acids is 4. The summed E-state index contributed by atoms with van der Waals surface area (Å²) in [6, 6.07) is 8.43. The lowest BCUT2D eigenvalue weighted by atomic mass is 10.0. The third-order valence-corrected chi connectivity index (χ3v) is 3.33. The maximum Gasteiger partial charge on any atom is 0.524 e. The van der Waals surface area contributed by atoms with Gasteiger partial charge in [-0.05, 0) is 24.3 Å². The van der Waals surface area contributed by atoms with Crippen molar-refractivity contribution < 1.29 is 47.6 Å². The number of fused-ring (bicyclic) bond motifs is 5. The van der Waals surface area contributed by atoms with Crippen LogP contribution in [0.15, 0.2) is 36.4 Å². The molecule has 0 saturated carbocycles. The zero-order chi connectivity index (χ0) is 18.3. The quantitative estimate of drug-likeness (QED) is 0.425. The topological polar surface area (TPSA) is 124 Å². The van der Waals surface area contributed by atoms with Gasteiger partial charge in [0.15, 0.2) is 0 Å². The molecule has 4 bridgehead atoms. The van der Waals surface area contributed by atoms with Crippen molar-refractivity contribution in [2.75, 3.05) is 0 Å². The molecule has 2 heterocycles. The zero-order valence-corrected chi connectivity index (χ0v) is 12.5. The molecule has 4 rings (SSSR count). The summed E-state index contributed by atoms with van der Waals surface area (Å²) in [5.74, 6) is -0.325. The van der Waals surface area contributed by atoms with Crippen molar-refractivity contribution in [3.05, 3.63) is 36.4 Å². The van der Waals surface area contributed by atoms with E-state index in [9.17, 15) is 19.2 Å². The normalized spacial score (nSPS) is 15.5. The molecule has 10 nitrogen and oxygen atoms in total. The van der Waals surface area contributed by atoms with Gasteiger partial charge in [0, 0.05) is 0 Å². The predicted octanol–water partition coefficient (Wildman–Crippen LogP) is 3.41. The number of hydrogen-bond acceptors (Lipinski definition) is 10. The van der Waals surface area contributed by atoms with Crippen LogP contribution < -0.4 is 18.9 Å². The second-order valence-electron chi connectivity index (χ2n) is 4.87.